The number of rotatable bonds is 8. The molecule has 2 aromatic heterocycles. The number of ketones is 1. The van der Waals surface area contributed by atoms with E-state index >= 15 is 0 Å². The number of carbonyl (C=O) groups is 1. The zero-order valence-corrected chi connectivity index (χ0v) is 17.8. The molecule has 3 rings (SSSR count). The highest BCUT2D eigenvalue weighted by molar-refractivity contribution is 6.03. The van der Waals surface area contributed by atoms with Crippen LogP contribution in [0.2, 0.25) is 0 Å². The summed E-state index contributed by atoms with van der Waals surface area (Å²) in [5, 5.41) is 4.45. The highest BCUT2D eigenvalue weighted by Gasteiger charge is 2.23. The Labute approximate surface area is 174 Å². The van der Waals surface area contributed by atoms with Crippen molar-refractivity contribution in [3.8, 4) is 5.88 Å². The second-order valence-electron chi connectivity index (χ2n) is 8.05. The predicted octanol–water partition coefficient (Wildman–Crippen LogP) is 4.90. The number of nitrogens with zero attached hydrogens (tertiary/aromatic N) is 2. The lowest BCUT2D eigenvalue weighted by Gasteiger charge is -2.21. The number of aromatic nitrogens is 2. The van der Waals surface area contributed by atoms with E-state index in [1.807, 2.05) is 26.8 Å². The van der Waals surface area contributed by atoms with Gasteiger partial charge in [-0.05, 0) is 57.4 Å². The minimum Gasteiger partial charge on any atom is -0.473 e. The Balaban J connectivity index is 1.93. The van der Waals surface area contributed by atoms with Gasteiger partial charge in [0.1, 0.15) is 18.2 Å². The van der Waals surface area contributed by atoms with Gasteiger partial charge in [0.15, 0.2) is 5.78 Å². The molecular weight excluding hydrogens is 388 g/mol. The maximum Gasteiger partial charge on any atom is 0.215 e. The van der Waals surface area contributed by atoms with Gasteiger partial charge >= 0.3 is 0 Å². The molecule has 0 saturated heterocycles. The number of fused-ring (bicyclic) bond motifs is 1. The molecule has 0 aliphatic rings. The molecule has 0 fully saturated rings. The average Bonchev–Trinajstić information content (AvgIpc) is 3.01. The molecule has 2 heterocycles. The number of aryl methyl sites for hydroxylation is 2. The molecule has 2 N–H and O–H groups in total. The quantitative estimate of drug-likeness (QED) is 0.532. The van der Waals surface area contributed by atoms with Crippen LogP contribution < -0.4 is 10.5 Å². The Morgan fingerprint density at radius 3 is 2.53 bits per heavy atom. The average molecular weight is 415 g/mol. The summed E-state index contributed by atoms with van der Waals surface area (Å²) < 4.78 is 35.1. The van der Waals surface area contributed by atoms with E-state index in [2.05, 4.69) is 5.10 Å². The molecule has 0 bridgehead atoms. The standard InChI is InChI=1S/C23H27F2N3O2/c1-5-23(4,26)10-9-20(29)22-15(3)27-28-19(22)11-14(2)12-21(28)30-13-16-17(24)7-6-8-18(16)25/h6-8,11-12H,5,9-10,13,26H2,1-4H3. The number of Topliss-reactive ketones (excluding diaryl/α,β-unsaturated/α-hetero) is 1. The van der Waals surface area contributed by atoms with E-state index in [1.54, 1.807) is 13.0 Å². The van der Waals surface area contributed by atoms with Crippen LogP contribution in [-0.2, 0) is 6.61 Å². The third-order valence-corrected chi connectivity index (χ3v) is 5.46. The third-order valence-electron chi connectivity index (χ3n) is 5.46. The number of pyridine rings is 1. The topological polar surface area (TPSA) is 69.6 Å². The number of hydrogen-bond acceptors (Lipinski definition) is 4. The van der Waals surface area contributed by atoms with Gasteiger partial charge in [-0.25, -0.2) is 13.3 Å². The largest absolute Gasteiger partial charge is 0.473 e. The highest BCUT2D eigenvalue weighted by Crippen LogP contribution is 2.26. The maximum absolute atomic E-state index is 13.9. The Morgan fingerprint density at radius 2 is 1.90 bits per heavy atom. The summed E-state index contributed by atoms with van der Waals surface area (Å²) in [6, 6.07) is 7.25. The second-order valence-corrected chi connectivity index (χ2v) is 8.05. The molecule has 0 aliphatic heterocycles. The lowest BCUT2D eigenvalue weighted by molar-refractivity contribution is 0.0972. The first-order valence-corrected chi connectivity index (χ1v) is 10.0. The first-order valence-electron chi connectivity index (χ1n) is 10.0. The smallest absolute Gasteiger partial charge is 0.215 e. The van der Waals surface area contributed by atoms with Crippen LogP contribution in [0.5, 0.6) is 5.88 Å². The summed E-state index contributed by atoms with van der Waals surface area (Å²) in [7, 11) is 0. The lowest BCUT2D eigenvalue weighted by Crippen LogP contribution is -2.35. The van der Waals surface area contributed by atoms with Crippen LogP contribution in [0.3, 0.4) is 0 Å². The van der Waals surface area contributed by atoms with E-state index in [1.165, 1.54) is 22.7 Å². The molecule has 1 unspecified atom stereocenters. The van der Waals surface area contributed by atoms with E-state index in [-0.39, 0.29) is 18.0 Å². The molecular formula is C23H27F2N3O2. The van der Waals surface area contributed by atoms with Crippen molar-refractivity contribution in [3.63, 3.8) is 0 Å². The molecule has 0 spiro atoms. The first kappa shape index (κ1) is 21.9. The third kappa shape index (κ3) is 4.51. The van der Waals surface area contributed by atoms with Crippen molar-refractivity contribution in [1.82, 2.24) is 9.61 Å². The Hall–Kier alpha value is -2.80. The number of hydrogen-bond donors (Lipinski definition) is 1. The van der Waals surface area contributed by atoms with E-state index in [9.17, 15) is 13.6 Å². The fraction of sp³-hybridized carbons (Fsp3) is 0.391. The van der Waals surface area contributed by atoms with Gasteiger partial charge in [0.25, 0.3) is 0 Å². The van der Waals surface area contributed by atoms with Crippen molar-refractivity contribution >= 4 is 11.3 Å². The number of halogens is 2. The van der Waals surface area contributed by atoms with E-state index in [0.29, 0.717) is 35.5 Å². The molecule has 1 atom stereocenters. The molecule has 7 heteroatoms. The minimum atomic E-state index is -0.674. The molecule has 30 heavy (non-hydrogen) atoms. The molecule has 3 aromatic rings. The van der Waals surface area contributed by atoms with E-state index in [0.717, 1.165) is 12.0 Å². The van der Waals surface area contributed by atoms with Crippen LogP contribution >= 0.6 is 0 Å². The monoisotopic (exact) mass is 415 g/mol. The fourth-order valence-electron chi connectivity index (χ4n) is 3.32. The van der Waals surface area contributed by atoms with Gasteiger partial charge in [0, 0.05) is 18.0 Å². The van der Waals surface area contributed by atoms with Gasteiger partial charge in [-0.2, -0.15) is 5.10 Å². The van der Waals surface area contributed by atoms with Crippen LogP contribution in [0.4, 0.5) is 8.78 Å². The second kappa shape index (κ2) is 8.52. The van der Waals surface area contributed by atoms with E-state index < -0.39 is 17.2 Å². The summed E-state index contributed by atoms with van der Waals surface area (Å²) in [6.45, 7) is 7.26. The van der Waals surface area contributed by atoms with Gasteiger partial charge < -0.3 is 10.5 Å². The number of nitrogens with two attached hydrogens (primary N) is 1. The SMILES string of the molecule is CCC(C)(N)CCC(=O)c1c(C)nn2c(OCc3c(F)cccc3F)cc(C)cc12. The van der Waals surface area contributed by atoms with Gasteiger partial charge in [-0.1, -0.05) is 13.0 Å². The van der Waals surface area contributed by atoms with Crippen molar-refractivity contribution in [2.24, 2.45) is 5.73 Å². The maximum atomic E-state index is 13.9. The predicted molar refractivity (Wildman–Crippen MR) is 112 cm³/mol. The van der Waals surface area contributed by atoms with Crippen LogP contribution in [-0.4, -0.2) is 20.9 Å². The van der Waals surface area contributed by atoms with Gasteiger partial charge in [0.2, 0.25) is 5.88 Å². The van der Waals surface area contributed by atoms with Crippen LogP contribution in [0.15, 0.2) is 30.3 Å². The molecule has 0 aliphatic carbocycles. The zero-order valence-electron chi connectivity index (χ0n) is 17.8. The minimum absolute atomic E-state index is 0.0377. The van der Waals surface area contributed by atoms with Crippen LogP contribution in [0.1, 0.15) is 60.3 Å². The Bertz CT molecular complexity index is 1070. The zero-order chi connectivity index (χ0) is 22.1. The van der Waals surface area contributed by atoms with Gasteiger partial charge in [0.05, 0.1) is 22.3 Å². The van der Waals surface area contributed by atoms with Crippen molar-refractivity contribution in [1.29, 1.82) is 0 Å². The first-order chi connectivity index (χ1) is 14.1. The summed E-state index contributed by atoms with van der Waals surface area (Å²) in [5.41, 5.74) is 8.17. The molecule has 0 amide bonds. The number of carbonyl (C=O) groups excluding carboxylic acids is 1. The van der Waals surface area contributed by atoms with Crippen molar-refractivity contribution in [2.45, 2.75) is 59.1 Å². The van der Waals surface area contributed by atoms with Gasteiger partial charge in [-0.15, -0.1) is 0 Å². The number of benzene rings is 1. The summed E-state index contributed by atoms with van der Waals surface area (Å²) in [5.74, 6) is -1.07. The van der Waals surface area contributed by atoms with Crippen LogP contribution in [0, 0.1) is 25.5 Å². The molecule has 5 nitrogen and oxygen atoms in total. The van der Waals surface area contributed by atoms with Crippen molar-refractivity contribution in [3.05, 3.63) is 64.4 Å². The molecule has 0 saturated carbocycles. The van der Waals surface area contributed by atoms with Gasteiger partial charge in [-0.3, -0.25) is 4.79 Å². The van der Waals surface area contributed by atoms with Crippen LogP contribution in [0.25, 0.3) is 5.52 Å². The molecule has 0 radical (unpaired) electrons. The number of ether oxygens (including phenoxy) is 1. The fourth-order valence-corrected chi connectivity index (χ4v) is 3.32. The summed E-state index contributed by atoms with van der Waals surface area (Å²) in [6.07, 6.45) is 1.66. The Kier molecular flexibility index (Phi) is 6.22. The molecule has 1 aromatic carbocycles. The normalized spacial score (nSPS) is 13.4. The van der Waals surface area contributed by atoms with E-state index in [4.69, 9.17) is 10.5 Å². The van der Waals surface area contributed by atoms with Crippen molar-refractivity contribution < 1.29 is 18.3 Å². The Morgan fingerprint density at radius 1 is 1.23 bits per heavy atom. The molecule has 160 valence electrons. The summed E-state index contributed by atoms with van der Waals surface area (Å²) in [4.78, 5) is 12.9. The summed E-state index contributed by atoms with van der Waals surface area (Å²) >= 11 is 0. The highest BCUT2D eigenvalue weighted by atomic mass is 19.1. The van der Waals surface area contributed by atoms with Crippen molar-refractivity contribution in [2.75, 3.05) is 0 Å². The lowest BCUT2D eigenvalue weighted by atomic mass is 9.91.